The molecule has 2 amide bonds. The number of likely N-dealkylation sites (tertiary alicyclic amines) is 1. The zero-order valence-corrected chi connectivity index (χ0v) is 19.7. The number of carbonyl (C=O) groups excluding carboxylic acids is 2. The lowest BCUT2D eigenvalue weighted by Crippen LogP contribution is -2.62. The molecule has 0 aromatic carbocycles. The predicted molar refractivity (Wildman–Crippen MR) is 124 cm³/mol. The van der Waals surface area contributed by atoms with Gasteiger partial charge in [-0.2, -0.15) is 4.98 Å². The molecular weight excluding hydrogens is 426 g/mol. The van der Waals surface area contributed by atoms with Crippen LogP contribution in [0, 0.1) is 12.3 Å². The summed E-state index contributed by atoms with van der Waals surface area (Å²) in [7, 11) is 0. The lowest BCUT2D eigenvalue weighted by Gasteiger charge is -2.40. The van der Waals surface area contributed by atoms with Crippen LogP contribution in [0.5, 0.6) is 0 Å². The number of hydrogen-bond donors (Lipinski definition) is 2. The Hall–Kier alpha value is -3.14. The molecule has 1 aliphatic rings. The molecule has 32 heavy (non-hydrogen) atoms. The number of anilines is 1. The van der Waals surface area contributed by atoms with Crippen molar-refractivity contribution < 1.29 is 9.59 Å². The van der Waals surface area contributed by atoms with Gasteiger partial charge >= 0.3 is 0 Å². The number of thiazole rings is 1. The number of aryl methyl sites for hydroxylation is 1. The van der Waals surface area contributed by atoms with Crippen LogP contribution < -0.4 is 10.6 Å². The Bertz CT molecular complexity index is 1150. The fourth-order valence-corrected chi connectivity index (χ4v) is 4.17. The van der Waals surface area contributed by atoms with E-state index in [0.717, 1.165) is 10.6 Å². The van der Waals surface area contributed by atoms with Crippen molar-refractivity contribution in [3.8, 4) is 0 Å². The van der Waals surface area contributed by atoms with Gasteiger partial charge in [0.1, 0.15) is 4.70 Å². The molecule has 1 fully saturated rings. The Morgan fingerprint density at radius 2 is 1.97 bits per heavy atom. The molecule has 1 saturated heterocycles. The van der Waals surface area contributed by atoms with E-state index in [-0.39, 0.29) is 23.9 Å². The van der Waals surface area contributed by atoms with E-state index in [1.165, 1.54) is 11.3 Å². The first-order valence-electron chi connectivity index (χ1n) is 10.5. The molecule has 0 spiro atoms. The zero-order valence-electron chi connectivity index (χ0n) is 18.8. The molecule has 0 saturated carbocycles. The van der Waals surface area contributed by atoms with Crippen molar-refractivity contribution in [2.75, 3.05) is 18.4 Å². The van der Waals surface area contributed by atoms with Crippen LogP contribution in [0.2, 0.25) is 0 Å². The highest BCUT2D eigenvalue weighted by atomic mass is 32.1. The second kappa shape index (κ2) is 8.42. The van der Waals surface area contributed by atoms with Crippen LogP contribution in [0.1, 0.15) is 54.8 Å². The summed E-state index contributed by atoms with van der Waals surface area (Å²) in [5.41, 5.74) is 1.36. The van der Waals surface area contributed by atoms with Crippen LogP contribution in [0.15, 0.2) is 24.5 Å². The Kier molecular flexibility index (Phi) is 5.81. The summed E-state index contributed by atoms with van der Waals surface area (Å²) in [4.78, 5) is 44.8. The number of carbonyl (C=O) groups is 2. The molecule has 4 heterocycles. The van der Waals surface area contributed by atoms with Crippen molar-refractivity contribution in [1.29, 1.82) is 0 Å². The van der Waals surface area contributed by atoms with E-state index in [2.05, 4.69) is 30.6 Å². The van der Waals surface area contributed by atoms with Crippen LogP contribution in [-0.4, -0.2) is 55.8 Å². The molecule has 0 radical (unpaired) electrons. The zero-order chi connectivity index (χ0) is 23.0. The maximum atomic E-state index is 13.3. The van der Waals surface area contributed by atoms with Crippen molar-refractivity contribution in [2.24, 2.45) is 5.41 Å². The molecule has 168 valence electrons. The second-order valence-corrected chi connectivity index (χ2v) is 10.3. The molecule has 1 unspecified atom stereocenters. The third kappa shape index (κ3) is 4.55. The largest absolute Gasteiger partial charge is 0.349 e. The van der Waals surface area contributed by atoms with Crippen LogP contribution in [0.4, 0.5) is 5.95 Å². The molecule has 4 rings (SSSR count). The number of rotatable bonds is 5. The SMILES string of the molecule is Cc1nc2nc(NC(C)c3cccnc3)nc(C(=O)N3CC(NC(=O)C(C)(C)C)C3)c2s1. The first-order chi connectivity index (χ1) is 15.1. The van der Waals surface area contributed by atoms with Gasteiger partial charge in [-0.05, 0) is 25.5 Å². The Labute approximate surface area is 190 Å². The molecule has 2 N–H and O–H groups in total. The van der Waals surface area contributed by atoms with Crippen LogP contribution in [0.25, 0.3) is 10.3 Å². The van der Waals surface area contributed by atoms with Crippen LogP contribution >= 0.6 is 11.3 Å². The summed E-state index contributed by atoms with van der Waals surface area (Å²) < 4.78 is 0.675. The van der Waals surface area contributed by atoms with Gasteiger partial charge in [-0.15, -0.1) is 11.3 Å². The number of fused-ring (bicyclic) bond motifs is 1. The van der Waals surface area contributed by atoms with Crippen molar-refractivity contribution in [2.45, 2.75) is 46.7 Å². The summed E-state index contributed by atoms with van der Waals surface area (Å²) in [5, 5.41) is 7.07. The Morgan fingerprint density at radius 1 is 1.22 bits per heavy atom. The van der Waals surface area contributed by atoms with E-state index in [1.54, 1.807) is 17.3 Å². The third-order valence-corrected chi connectivity index (χ3v) is 6.25. The first kappa shape index (κ1) is 22.1. The Balaban J connectivity index is 1.53. The topological polar surface area (TPSA) is 113 Å². The molecule has 3 aromatic heterocycles. The number of pyridine rings is 1. The molecular formula is C22H27N7O2S. The van der Waals surface area contributed by atoms with Crippen molar-refractivity contribution in [3.63, 3.8) is 0 Å². The van der Waals surface area contributed by atoms with Crippen molar-refractivity contribution in [1.82, 2.24) is 30.2 Å². The smallest absolute Gasteiger partial charge is 0.274 e. The van der Waals surface area contributed by atoms with Gasteiger partial charge in [0, 0.05) is 30.9 Å². The molecule has 9 nitrogen and oxygen atoms in total. The van der Waals surface area contributed by atoms with Gasteiger partial charge in [-0.1, -0.05) is 26.8 Å². The highest BCUT2D eigenvalue weighted by Crippen LogP contribution is 2.28. The molecule has 1 atom stereocenters. The fraction of sp³-hybridized carbons (Fsp3) is 0.455. The Morgan fingerprint density at radius 3 is 2.62 bits per heavy atom. The average Bonchev–Trinajstić information content (AvgIpc) is 3.09. The summed E-state index contributed by atoms with van der Waals surface area (Å²) in [6, 6.07) is 3.70. The minimum absolute atomic E-state index is 0.0204. The van der Waals surface area contributed by atoms with E-state index in [1.807, 2.05) is 46.8 Å². The lowest BCUT2D eigenvalue weighted by atomic mass is 9.94. The van der Waals surface area contributed by atoms with Gasteiger partial charge in [0.25, 0.3) is 5.91 Å². The van der Waals surface area contributed by atoms with Gasteiger partial charge in [0.2, 0.25) is 11.9 Å². The summed E-state index contributed by atoms with van der Waals surface area (Å²) in [6.07, 6.45) is 3.50. The molecule has 0 aliphatic carbocycles. The predicted octanol–water partition coefficient (Wildman–Crippen LogP) is 2.95. The minimum atomic E-state index is -0.463. The quantitative estimate of drug-likeness (QED) is 0.611. The maximum Gasteiger partial charge on any atom is 0.274 e. The number of nitrogens with zero attached hydrogens (tertiary/aromatic N) is 5. The monoisotopic (exact) mass is 453 g/mol. The lowest BCUT2D eigenvalue weighted by molar-refractivity contribution is -0.130. The number of amides is 2. The highest BCUT2D eigenvalue weighted by Gasteiger charge is 2.36. The summed E-state index contributed by atoms with van der Waals surface area (Å²) in [5.74, 6) is 0.146. The highest BCUT2D eigenvalue weighted by molar-refractivity contribution is 7.18. The summed E-state index contributed by atoms with van der Waals surface area (Å²) in [6.45, 7) is 10.4. The standard InChI is InChI=1S/C22H27N7O2S/c1-12(14-7-6-8-23-9-14)24-21-27-16(17-18(28-21)25-13(2)32-17)19(30)29-10-15(11-29)26-20(31)22(3,4)5/h6-9,12,15H,10-11H2,1-5H3,(H,26,31)(H,24,27,28). The first-order valence-corrected chi connectivity index (χ1v) is 11.4. The van der Waals surface area contributed by atoms with Gasteiger partial charge in [0.05, 0.1) is 17.1 Å². The number of hydrogen-bond acceptors (Lipinski definition) is 8. The van der Waals surface area contributed by atoms with E-state index in [9.17, 15) is 9.59 Å². The molecule has 3 aromatic rings. The molecule has 0 bridgehead atoms. The number of aromatic nitrogens is 4. The summed E-state index contributed by atoms with van der Waals surface area (Å²) >= 11 is 1.41. The van der Waals surface area contributed by atoms with Crippen LogP contribution in [0.3, 0.4) is 0 Å². The van der Waals surface area contributed by atoms with Crippen molar-refractivity contribution >= 4 is 39.4 Å². The van der Waals surface area contributed by atoms with Gasteiger partial charge in [-0.3, -0.25) is 14.6 Å². The van der Waals surface area contributed by atoms with Crippen molar-refractivity contribution in [3.05, 3.63) is 40.8 Å². The molecule has 1 aliphatic heterocycles. The fourth-order valence-electron chi connectivity index (χ4n) is 3.33. The van der Waals surface area contributed by atoms with Crippen LogP contribution in [-0.2, 0) is 4.79 Å². The van der Waals surface area contributed by atoms with Gasteiger partial charge in [-0.25, -0.2) is 9.97 Å². The van der Waals surface area contributed by atoms with E-state index < -0.39 is 5.41 Å². The minimum Gasteiger partial charge on any atom is -0.349 e. The number of nitrogens with one attached hydrogen (secondary N) is 2. The third-order valence-electron chi connectivity index (χ3n) is 5.28. The van der Waals surface area contributed by atoms with E-state index in [4.69, 9.17) is 0 Å². The van der Waals surface area contributed by atoms with Gasteiger partial charge in [0.15, 0.2) is 11.3 Å². The molecule has 10 heteroatoms. The second-order valence-electron chi connectivity index (χ2n) is 9.06. The average molecular weight is 454 g/mol. The normalized spacial score (nSPS) is 15.3. The maximum absolute atomic E-state index is 13.3. The van der Waals surface area contributed by atoms with Gasteiger partial charge < -0.3 is 15.5 Å². The van der Waals surface area contributed by atoms with E-state index in [0.29, 0.717) is 35.1 Å². The van der Waals surface area contributed by atoms with E-state index >= 15 is 0 Å².